The molecule has 1 fully saturated rings. The Morgan fingerprint density at radius 2 is 1.88 bits per heavy atom. The molecule has 1 unspecified atom stereocenters. The van der Waals surface area contributed by atoms with Crippen LogP contribution >= 0.6 is 24.0 Å². The van der Waals surface area contributed by atoms with Crippen molar-refractivity contribution in [3.05, 3.63) is 30.1 Å². The summed E-state index contributed by atoms with van der Waals surface area (Å²) in [5, 5.41) is 6.60. The first-order valence-electron chi connectivity index (χ1n) is 9.26. The molecule has 1 saturated heterocycles. The van der Waals surface area contributed by atoms with Crippen molar-refractivity contribution >= 4 is 29.9 Å². The number of unbranched alkanes of at least 4 members (excludes halogenated alkanes) is 1. The monoisotopic (exact) mass is 478 g/mol. The Morgan fingerprint density at radius 1 is 1.19 bits per heavy atom. The van der Waals surface area contributed by atoms with E-state index >= 15 is 0 Å². The van der Waals surface area contributed by atoms with Gasteiger partial charge in [0.15, 0.2) is 5.96 Å². The van der Waals surface area contributed by atoms with Crippen molar-refractivity contribution in [3.63, 3.8) is 0 Å². The number of nitrogens with zero attached hydrogens (tertiary/aromatic N) is 2. The van der Waals surface area contributed by atoms with Gasteiger partial charge in [-0.1, -0.05) is 0 Å². The summed E-state index contributed by atoms with van der Waals surface area (Å²) in [5.41, 5.74) is 0. The zero-order valence-corrected chi connectivity index (χ0v) is 18.2. The van der Waals surface area contributed by atoms with Crippen LogP contribution in [0.2, 0.25) is 0 Å². The fourth-order valence-corrected chi connectivity index (χ4v) is 2.92. The van der Waals surface area contributed by atoms with Gasteiger partial charge in [0.25, 0.3) is 0 Å². The van der Waals surface area contributed by atoms with E-state index in [0.717, 1.165) is 18.9 Å². The number of halogens is 2. The van der Waals surface area contributed by atoms with Gasteiger partial charge in [0, 0.05) is 13.6 Å². The Morgan fingerprint density at radius 3 is 2.54 bits per heavy atom. The molecule has 0 amide bonds. The molecule has 1 atom stereocenters. The van der Waals surface area contributed by atoms with Gasteiger partial charge in [-0.25, -0.2) is 4.39 Å². The second-order valence-electron chi connectivity index (χ2n) is 6.52. The number of benzene rings is 1. The number of hydrogen-bond acceptors (Lipinski definition) is 3. The highest BCUT2D eigenvalue weighted by Crippen LogP contribution is 2.12. The number of likely N-dealkylation sites (tertiary alicyclic amines) is 1. The lowest BCUT2D eigenvalue weighted by molar-refractivity contribution is 0.223. The molecule has 1 aromatic rings. The number of hydrogen-bond donors (Lipinski definition) is 2. The Hall–Kier alpha value is -1.09. The summed E-state index contributed by atoms with van der Waals surface area (Å²) < 4.78 is 18.6. The van der Waals surface area contributed by atoms with Crippen molar-refractivity contribution in [2.45, 2.75) is 38.7 Å². The molecule has 0 bridgehead atoms. The topological polar surface area (TPSA) is 48.9 Å². The van der Waals surface area contributed by atoms with Crippen LogP contribution in [0.5, 0.6) is 5.75 Å². The van der Waals surface area contributed by atoms with Crippen LogP contribution in [0, 0.1) is 5.82 Å². The molecule has 26 heavy (non-hydrogen) atoms. The van der Waals surface area contributed by atoms with Crippen molar-refractivity contribution < 1.29 is 9.13 Å². The third kappa shape index (κ3) is 9.02. The lowest BCUT2D eigenvalue weighted by Gasteiger charge is -2.18. The Balaban J connectivity index is 0.00000338. The quantitative estimate of drug-likeness (QED) is 0.248. The lowest BCUT2D eigenvalue weighted by Crippen LogP contribution is -2.42. The molecule has 1 aromatic carbocycles. The number of aliphatic imine (C=N–C) groups is 1. The Kier molecular flexibility index (Phi) is 11.6. The minimum Gasteiger partial charge on any atom is -0.489 e. The lowest BCUT2D eigenvalue weighted by atomic mass is 10.3. The Labute approximate surface area is 173 Å². The molecule has 0 aliphatic carbocycles. The smallest absolute Gasteiger partial charge is 0.191 e. The first kappa shape index (κ1) is 23.0. The SMILES string of the molecule is CN=C(NCCCCN1CCCC1)NCC(C)Oc1ccc(F)cc1.I. The average Bonchev–Trinajstić information content (AvgIpc) is 3.13. The van der Waals surface area contributed by atoms with E-state index in [0.29, 0.717) is 12.3 Å². The van der Waals surface area contributed by atoms with Gasteiger partial charge in [0.05, 0.1) is 6.54 Å². The summed E-state index contributed by atoms with van der Waals surface area (Å²) in [6, 6.07) is 6.08. The normalized spacial score (nSPS) is 16.0. The molecule has 0 saturated carbocycles. The fraction of sp³-hybridized carbons (Fsp3) is 0.632. The molecule has 0 radical (unpaired) electrons. The first-order valence-corrected chi connectivity index (χ1v) is 9.26. The van der Waals surface area contributed by atoms with Crippen LogP contribution in [0.3, 0.4) is 0 Å². The van der Waals surface area contributed by atoms with Crippen LogP contribution in [0.15, 0.2) is 29.3 Å². The highest BCUT2D eigenvalue weighted by molar-refractivity contribution is 14.0. The average molecular weight is 478 g/mol. The molecule has 1 heterocycles. The molecule has 5 nitrogen and oxygen atoms in total. The molecule has 0 spiro atoms. The fourth-order valence-electron chi connectivity index (χ4n) is 2.92. The molecule has 0 aromatic heterocycles. The highest BCUT2D eigenvalue weighted by Gasteiger charge is 2.10. The minimum atomic E-state index is -0.257. The zero-order valence-electron chi connectivity index (χ0n) is 15.8. The van der Waals surface area contributed by atoms with E-state index in [1.165, 1.54) is 51.0 Å². The third-order valence-corrected chi connectivity index (χ3v) is 4.32. The van der Waals surface area contributed by atoms with Crippen molar-refractivity contribution in [2.75, 3.05) is 39.8 Å². The van der Waals surface area contributed by atoms with Gasteiger partial charge in [-0.05, 0) is 76.5 Å². The van der Waals surface area contributed by atoms with E-state index in [4.69, 9.17) is 4.74 Å². The van der Waals surface area contributed by atoms with Gasteiger partial charge in [0.2, 0.25) is 0 Å². The molecule has 1 aliphatic heterocycles. The molecule has 7 heteroatoms. The standard InChI is InChI=1S/C19H31FN4O.HI/c1-16(25-18-9-7-17(20)8-10-18)15-23-19(21-2)22-11-3-4-12-24-13-5-6-14-24;/h7-10,16H,3-6,11-15H2,1-2H3,(H2,21,22,23);1H. The van der Waals surface area contributed by atoms with Crippen molar-refractivity contribution in [1.29, 1.82) is 0 Å². The van der Waals surface area contributed by atoms with Gasteiger partial charge >= 0.3 is 0 Å². The first-order chi connectivity index (χ1) is 12.2. The number of nitrogens with one attached hydrogen (secondary N) is 2. The van der Waals surface area contributed by atoms with Gasteiger partial charge in [0.1, 0.15) is 17.7 Å². The van der Waals surface area contributed by atoms with E-state index < -0.39 is 0 Å². The van der Waals surface area contributed by atoms with Crippen LogP contribution in [-0.4, -0.2) is 56.7 Å². The van der Waals surface area contributed by atoms with E-state index in [1.54, 1.807) is 19.2 Å². The zero-order chi connectivity index (χ0) is 17.9. The van der Waals surface area contributed by atoms with Gasteiger partial charge in [-0.15, -0.1) is 24.0 Å². The van der Waals surface area contributed by atoms with Crippen molar-refractivity contribution in [1.82, 2.24) is 15.5 Å². The van der Waals surface area contributed by atoms with Gasteiger partial charge in [-0.2, -0.15) is 0 Å². The summed E-state index contributed by atoms with van der Waals surface area (Å²) in [6.45, 7) is 7.26. The number of guanidine groups is 1. The van der Waals surface area contributed by atoms with E-state index in [1.807, 2.05) is 6.92 Å². The molecule has 2 N–H and O–H groups in total. The predicted molar refractivity (Wildman–Crippen MR) is 116 cm³/mol. The maximum atomic E-state index is 12.9. The summed E-state index contributed by atoms with van der Waals surface area (Å²) in [5.74, 6) is 1.20. The van der Waals surface area contributed by atoms with Crippen LogP contribution in [0.25, 0.3) is 0 Å². The van der Waals surface area contributed by atoms with E-state index in [2.05, 4.69) is 20.5 Å². The van der Waals surface area contributed by atoms with Gasteiger partial charge in [-0.3, -0.25) is 4.99 Å². The molecular weight excluding hydrogens is 446 g/mol. The predicted octanol–water partition coefficient (Wildman–Crippen LogP) is 3.25. The molecule has 1 aliphatic rings. The molecule has 148 valence electrons. The van der Waals surface area contributed by atoms with Crippen LogP contribution < -0.4 is 15.4 Å². The number of ether oxygens (including phenoxy) is 1. The summed E-state index contributed by atoms with van der Waals surface area (Å²) in [4.78, 5) is 6.78. The van der Waals surface area contributed by atoms with Crippen LogP contribution in [0.1, 0.15) is 32.6 Å². The largest absolute Gasteiger partial charge is 0.489 e. The minimum absolute atomic E-state index is 0. The second kappa shape index (κ2) is 13.1. The van der Waals surface area contributed by atoms with Crippen LogP contribution in [0.4, 0.5) is 4.39 Å². The van der Waals surface area contributed by atoms with E-state index in [-0.39, 0.29) is 35.9 Å². The number of rotatable bonds is 9. The molecule has 2 rings (SSSR count). The summed E-state index contributed by atoms with van der Waals surface area (Å²) in [6.07, 6.45) is 5.02. The van der Waals surface area contributed by atoms with Crippen molar-refractivity contribution in [2.24, 2.45) is 4.99 Å². The van der Waals surface area contributed by atoms with Crippen LogP contribution in [-0.2, 0) is 0 Å². The maximum Gasteiger partial charge on any atom is 0.191 e. The van der Waals surface area contributed by atoms with Gasteiger partial charge < -0.3 is 20.3 Å². The molecular formula is C19H32FIN4O. The van der Waals surface area contributed by atoms with Crippen molar-refractivity contribution in [3.8, 4) is 5.75 Å². The second-order valence-corrected chi connectivity index (χ2v) is 6.52. The third-order valence-electron chi connectivity index (χ3n) is 4.32. The highest BCUT2D eigenvalue weighted by atomic mass is 127. The van der Waals surface area contributed by atoms with E-state index in [9.17, 15) is 4.39 Å². The Bertz CT molecular complexity index is 521. The summed E-state index contributed by atoms with van der Waals surface area (Å²) >= 11 is 0. The maximum absolute atomic E-state index is 12.9. The summed E-state index contributed by atoms with van der Waals surface area (Å²) in [7, 11) is 1.77.